The number of esters is 1. The van der Waals surface area contributed by atoms with Gasteiger partial charge >= 0.3 is 5.97 Å². The Balaban J connectivity index is 2.97. The van der Waals surface area contributed by atoms with E-state index in [0.29, 0.717) is 24.4 Å². The Labute approximate surface area is 114 Å². The number of ether oxygens (including phenoxy) is 2. The van der Waals surface area contributed by atoms with Crippen LogP contribution in [0.5, 0.6) is 0 Å². The second-order valence-corrected chi connectivity index (χ2v) is 4.39. The molecule has 0 amide bonds. The molecule has 0 radical (unpaired) electrons. The van der Waals surface area contributed by atoms with Gasteiger partial charge in [0.05, 0.1) is 29.6 Å². The molecule has 2 N–H and O–H groups in total. The van der Waals surface area contributed by atoms with Gasteiger partial charge in [-0.25, -0.2) is 4.79 Å². The Bertz CT molecular complexity index is 435. The minimum absolute atomic E-state index is 0.0793. The largest absolute Gasteiger partial charge is 0.462 e. The number of anilines is 2. The van der Waals surface area contributed by atoms with Crippen LogP contribution in [0.3, 0.4) is 0 Å². The Hall–Kier alpha value is -1.75. The van der Waals surface area contributed by atoms with E-state index in [1.165, 1.54) is 0 Å². The van der Waals surface area contributed by atoms with Crippen molar-refractivity contribution in [2.45, 2.75) is 20.0 Å². The van der Waals surface area contributed by atoms with Gasteiger partial charge in [0.2, 0.25) is 0 Å². The lowest BCUT2D eigenvalue weighted by molar-refractivity contribution is 0.0527. The van der Waals surface area contributed by atoms with Crippen molar-refractivity contribution >= 4 is 17.3 Å². The zero-order valence-corrected chi connectivity index (χ0v) is 12.0. The van der Waals surface area contributed by atoms with Gasteiger partial charge in [-0.3, -0.25) is 0 Å². The van der Waals surface area contributed by atoms with Crippen molar-refractivity contribution in [2.24, 2.45) is 0 Å². The van der Waals surface area contributed by atoms with Crippen LogP contribution in [0.2, 0.25) is 0 Å². The minimum atomic E-state index is -0.393. The van der Waals surface area contributed by atoms with E-state index in [1.807, 2.05) is 24.9 Å². The number of hydrogen-bond donors (Lipinski definition) is 1. The summed E-state index contributed by atoms with van der Waals surface area (Å²) in [5.74, 6) is -0.393. The molecule has 5 heteroatoms. The molecule has 0 saturated heterocycles. The van der Waals surface area contributed by atoms with Gasteiger partial charge in [-0.2, -0.15) is 0 Å². The first-order valence-electron chi connectivity index (χ1n) is 6.30. The van der Waals surface area contributed by atoms with Crippen LogP contribution in [0.25, 0.3) is 0 Å². The molecule has 0 saturated carbocycles. The first-order valence-corrected chi connectivity index (χ1v) is 6.30. The summed E-state index contributed by atoms with van der Waals surface area (Å²) in [6, 6.07) is 5.34. The fourth-order valence-electron chi connectivity index (χ4n) is 1.83. The highest BCUT2D eigenvalue weighted by atomic mass is 16.5. The number of rotatable bonds is 6. The van der Waals surface area contributed by atoms with Crippen LogP contribution in [-0.4, -0.2) is 39.4 Å². The van der Waals surface area contributed by atoms with Crippen LogP contribution < -0.4 is 10.6 Å². The quantitative estimate of drug-likeness (QED) is 0.629. The number of nitrogen functional groups attached to an aromatic ring is 1. The van der Waals surface area contributed by atoms with Gasteiger partial charge in [-0.05, 0) is 26.0 Å². The minimum Gasteiger partial charge on any atom is -0.462 e. The number of carbonyl (C=O) groups excluding carboxylic acids is 1. The van der Waals surface area contributed by atoms with E-state index in [1.54, 1.807) is 26.2 Å². The van der Waals surface area contributed by atoms with Crippen molar-refractivity contribution in [1.82, 2.24) is 0 Å². The molecule has 106 valence electrons. The van der Waals surface area contributed by atoms with Gasteiger partial charge in [0.15, 0.2) is 0 Å². The molecule has 1 rings (SSSR count). The highest BCUT2D eigenvalue weighted by molar-refractivity contribution is 5.98. The predicted molar refractivity (Wildman–Crippen MR) is 76.6 cm³/mol. The van der Waals surface area contributed by atoms with E-state index in [4.69, 9.17) is 15.2 Å². The number of nitrogens with two attached hydrogens (primary N) is 1. The first kappa shape index (κ1) is 15.3. The smallest absolute Gasteiger partial charge is 0.340 e. The van der Waals surface area contributed by atoms with E-state index >= 15 is 0 Å². The molecule has 0 aliphatic rings. The summed E-state index contributed by atoms with van der Waals surface area (Å²) in [6.45, 7) is 4.76. The Kier molecular flexibility index (Phi) is 5.63. The number of likely N-dealkylation sites (N-methyl/N-ethyl adjacent to an activating group) is 1. The third kappa shape index (κ3) is 3.86. The van der Waals surface area contributed by atoms with E-state index in [-0.39, 0.29) is 6.10 Å². The van der Waals surface area contributed by atoms with Gasteiger partial charge < -0.3 is 20.1 Å². The molecule has 1 aromatic rings. The molecule has 0 aliphatic carbocycles. The Morgan fingerprint density at radius 1 is 1.47 bits per heavy atom. The number of methoxy groups -OCH3 is 1. The molecule has 0 aromatic heterocycles. The molecule has 0 aliphatic heterocycles. The standard InChI is InChI=1S/C14H22N2O3/c1-5-19-14(17)11-7-6-8-12(13(11)15)16(3)9-10(2)18-4/h6-8,10H,5,9,15H2,1-4H3. The lowest BCUT2D eigenvalue weighted by atomic mass is 10.1. The van der Waals surface area contributed by atoms with E-state index in [2.05, 4.69) is 0 Å². The molecular weight excluding hydrogens is 244 g/mol. The molecule has 19 heavy (non-hydrogen) atoms. The SMILES string of the molecule is CCOC(=O)c1cccc(N(C)CC(C)OC)c1N. The fraction of sp³-hybridized carbons (Fsp3) is 0.500. The van der Waals surface area contributed by atoms with Crippen molar-refractivity contribution in [3.8, 4) is 0 Å². The summed E-state index contributed by atoms with van der Waals surface area (Å²) in [7, 11) is 3.58. The Morgan fingerprint density at radius 3 is 2.74 bits per heavy atom. The van der Waals surface area contributed by atoms with Gasteiger partial charge in [0, 0.05) is 20.7 Å². The topological polar surface area (TPSA) is 64.8 Å². The third-order valence-corrected chi connectivity index (χ3v) is 2.92. The maximum Gasteiger partial charge on any atom is 0.340 e. The number of hydrogen-bond acceptors (Lipinski definition) is 5. The molecule has 1 aromatic carbocycles. The average Bonchev–Trinajstić information content (AvgIpc) is 2.38. The van der Waals surface area contributed by atoms with Gasteiger partial charge in [0.1, 0.15) is 0 Å². The van der Waals surface area contributed by atoms with E-state index in [9.17, 15) is 4.79 Å². The third-order valence-electron chi connectivity index (χ3n) is 2.92. The maximum absolute atomic E-state index is 11.8. The number of carbonyl (C=O) groups is 1. The predicted octanol–water partition coefficient (Wildman–Crippen LogP) is 1.92. The highest BCUT2D eigenvalue weighted by Crippen LogP contribution is 2.26. The van der Waals surface area contributed by atoms with Gasteiger partial charge in [-0.1, -0.05) is 6.07 Å². The lowest BCUT2D eigenvalue weighted by Gasteiger charge is -2.24. The van der Waals surface area contributed by atoms with Gasteiger partial charge in [-0.15, -0.1) is 0 Å². The van der Waals surface area contributed by atoms with Crippen molar-refractivity contribution in [3.05, 3.63) is 23.8 Å². The van der Waals surface area contributed by atoms with Crippen LogP contribution >= 0.6 is 0 Å². The van der Waals surface area contributed by atoms with Crippen LogP contribution in [-0.2, 0) is 9.47 Å². The molecule has 0 heterocycles. The zero-order valence-electron chi connectivity index (χ0n) is 12.0. The lowest BCUT2D eigenvalue weighted by Crippen LogP contribution is -2.29. The second-order valence-electron chi connectivity index (χ2n) is 4.39. The average molecular weight is 266 g/mol. The van der Waals surface area contributed by atoms with Crippen LogP contribution in [0, 0.1) is 0 Å². The summed E-state index contributed by atoms with van der Waals surface area (Å²) in [6.07, 6.45) is 0.0793. The summed E-state index contributed by atoms with van der Waals surface area (Å²) in [5.41, 5.74) is 7.69. The summed E-state index contributed by atoms with van der Waals surface area (Å²) < 4.78 is 10.2. The fourth-order valence-corrected chi connectivity index (χ4v) is 1.83. The molecule has 0 fully saturated rings. The van der Waals surface area contributed by atoms with Crippen LogP contribution in [0.15, 0.2) is 18.2 Å². The zero-order chi connectivity index (χ0) is 14.4. The summed E-state index contributed by atoms with van der Waals surface area (Å²) >= 11 is 0. The first-order chi connectivity index (χ1) is 9.01. The molecule has 0 spiro atoms. The monoisotopic (exact) mass is 266 g/mol. The summed E-state index contributed by atoms with van der Waals surface area (Å²) in [4.78, 5) is 13.7. The highest BCUT2D eigenvalue weighted by Gasteiger charge is 2.16. The molecule has 1 atom stereocenters. The molecule has 0 bridgehead atoms. The van der Waals surface area contributed by atoms with Crippen molar-refractivity contribution in [2.75, 3.05) is 37.9 Å². The van der Waals surface area contributed by atoms with Crippen molar-refractivity contribution in [3.63, 3.8) is 0 Å². The van der Waals surface area contributed by atoms with Crippen molar-refractivity contribution < 1.29 is 14.3 Å². The maximum atomic E-state index is 11.8. The van der Waals surface area contributed by atoms with Crippen LogP contribution in [0.1, 0.15) is 24.2 Å². The molecule has 1 unspecified atom stereocenters. The van der Waals surface area contributed by atoms with E-state index in [0.717, 1.165) is 5.69 Å². The normalized spacial score (nSPS) is 12.0. The molecule has 5 nitrogen and oxygen atoms in total. The van der Waals surface area contributed by atoms with E-state index < -0.39 is 5.97 Å². The number of benzene rings is 1. The van der Waals surface area contributed by atoms with Crippen LogP contribution in [0.4, 0.5) is 11.4 Å². The number of nitrogens with zero attached hydrogens (tertiary/aromatic N) is 1. The Morgan fingerprint density at radius 2 is 2.16 bits per heavy atom. The van der Waals surface area contributed by atoms with Gasteiger partial charge in [0.25, 0.3) is 0 Å². The number of para-hydroxylation sites is 1. The molecular formula is C14H22N2O3. The van der Waals surface area contributed by atoms with Crippen molar-refractivity contribution in [1.29, 1.82) is 0 Å². The summed E-state index contributed by atoms with van der Waals surface area (Å²) in [5, 5.41) is 0. The second kappa shape index (κ2) is 6.99.